The Hall–Kier alpha value is -2.10. The van der Waals surface area contributed by atoms with Crippen LogP contribution in [0.3, 0.4) is 0 Å². The van der Waals surface area contributed by atoms with E-state index in [4.69, 9.17) is 0 Å². The summed E-state index contributed by atoms with van der Waals surface area (Å²) in [7, 11) is 1.85. The quantitative estimate of drug-likeness (QED) is 0.824. The van der Waals surface area contributed by atoms with E-state index in [1.54, 1.807) is 0 Å². The smallest absolute Gasteiger partial charge is 0.0912 e. The van der Waals surface area contributed by atoms with Gasteiger partial charge in [0.15, 0.2) is 0 Å². The van der Waals surface area contributed by atoms with Crippen LogP contribution in [0.4, 0.5) is 0 Å². The molecule has 136 valence electrons. The van der Waals surface area contributed by atoms with E-state index in [-0.39, 0.29) is 6.04 Å². The van der Waals surface area contributed by atoms with E-state index in [0.717, 1.165) is 17.7 Å². The van der Waals surface area contributed by atoms with E-state index in [9.17, 15) is 5.11 Å². The highest BCUT2D eigenvalue weighted by Crippen LogP contribution is 2.30. The molecule has 0 saturated heterocycles. The van der Waals surface area contributed by atoms with Gasteiger partial charge in [0.2, 0.25) is 0 Å². The van der Waals surface area contributed by atoms with Gasteiger partial charge in [0.1, 0.15) is 0 Å². The lowest BCUT2D eigenvalue weighted by Gasteiger charge is -2.35. The zero-order chi connectivity index (χ0) is 18.7. The van der Waals surface area contributed by atoms with Crippen LogP contribution in [-0.4, -0.2) is 29.7 Å². The molecule has 0 aliphatic carbocycles. The van der Waals surface area contributed by atoms with Crippen molar-refractivity contribution in [2.24, 2.45) is 0 Å². The van der Waals surface area contributed by atoms with Gasteiger partial charge in [-0.1, -0.05) is 74.6 Å². The Morgan fingerprint density at radius 1 is 1.20 bits per heavy atom. The number of hydrogen-bond acceptors (Lipinski definition) is 3. The average Bonchev–Trinajstić information content (AvgIpc) is 2.70. The minimum Gasteiger partial charge on any atom is -0.389 e. The lowest BCUT2D eigenvalue weighted by atomic mass is 9.98. The monoisotopic (exact) mass is 340 g/mol. The third kappa shape index (κ3) is 6.37. The molecule has 3 nitrogen and oxygen atoms in total. The van der Waals surface area contributed by atoms with Crippen molar-refractivity contribution < 1.29 is 5.11 Å². The van der Waals surface area contributed by atoms with Crippen molar-refractivity contribution in [3.63, 3.8) is 0 Å². The number of likely N-dealkylation sites (N-methyl/N-ethyl adjacent to an activating group) is 1. The molecule has 25 heavy (non-hydrogen) atoms. The van der Waals surface area contributed by atoms with Gasteiger partial charge in [-0.05, 0) is 32.0 Å². The van der Waals surface area contributed by atoms with E-state index in [2.05, 4.69) is 48.1 Å². The molecule has 0 saturated carbocycles. The van der Waals surface area contributed by atoms with E-state index in [0.29, 0.717) is 6.54 Å². The first-order valence-electron chi connectivity index (χ1n) is 8.99. The molecule has 0 radical (unpaired) electrons. The molecule has 1 aliphatic rings. The van der Waals surface area contributed by atoms with Crippen molar-refractivity contribution >= 4 is 0 Å². The third-order valence-corrected chi connectivity index (χ3v) is 3.89. The van der Waals surface area contributed by atoms with Gasteiger partial charge in [-0.15, -0.1) is 0 Å². The Morgan fingerprint density at radius 2 is 1.88 bits per heavy atom. The standard InChI is InChI=1S/C20H26N2O.C2H6/c1-16-10-6-4-7-11-17(2)22(15-16)20(19(23)14-21-3)18-12-8-5-9-13-18;1-2/h4-9,11-13,15,19-21,23H,2,10,14H2,1,3H3;1-2H3/b6-4-,11-7-,16-15-;. The minimum atomic E-state index is -0.551. The lowest BCUT2D eigenvalue weighted by molar-refractivity contribution is 0.0902. The Balaban J connectivity index is 0.00000151. The first-order valence-corrected chi connectivity index (χ1v) is 8.99. The summed E-state index contributed by atoms with van der Waals surface area (Å²) in [6, 6.07) is 9.91. The topological polar surface area (TPSA) is 35.5 Å². The summed E-state index contributed by atoms with van der Waals surface area (Å²) in [6.07, 6.45) is 10.6. The van der Waals surface area contributed by atoms with Gasteiger partial charge in [-0.25, -0.2) is 0 Å². The van der Waals surface area contributed by atoms with Crippen molar-refractivity contribution in [1.29, 1.82) is 0 Å². The fraction of sp³-hybridized carbons (Fsp3) is 0.364. The molecule has 0 spiro atoms. The summed E-state index contributed by atoms with van der Waals surface area (Å²) in [5, 5.41) is 13.8. The minimum absolute atomic E-state index is 0.186. The predicted molar refractivity (Wildman–Crippen MR) is 108 cm³/mol. The normalized spacial score (nSPS) is 21.4. The summed E-state index contributed by atoms with van der Waals surface area (Å²) in [5.74, 6) is 0. The molecule has 1 aromatic rings. The second-order valence-electron chi connectivity index (χ2n) is 5.85. The summed E-state index contributed by atoms with van der Waals surface area (Å²) in [4.78, 5) is 2.08. The van der Waals surface area contributed by atoms with Gasteiger partial charge < -0.3 is 15.3 Å². The second-order valence-corrected chi connectivity index (χ2v) is 5.85. The zero-order valence-corrected chi connectivity index (χ0v) is 15.9. The number of allylic oxidation sites excluding steroid dienone is 5. The first kappa shape index (κ1) is 20.9. The number of nitrogens with zero attached hydrogens (tertiary/aromatic N) is 1. The van der Waals surface area contributed by atoms with Gasteiger partial charge in [-0.3, -0.25) is 0 Å². The van der Waals surface area contributed by atoms with Crippen LogP contribution in [0.1, 0.15) is 38.8 Å². The zero-order valence-electron chi connectivity index (χ0n) is 15.9. The van der Waals surface area contributed by atoms with Crippen LogP contribution >= 0.6 is 0 Å². The molecular formula is C22H32N2O. The predicted octanol–water partition coefficient (Wildman–Crippen LogP) is 4.57. The third-order valence-electron chi connectivity index (χ3n) is 3.89. The number of rotatable bonds is 5. The molecule has 0 bridgehead atoms. The number of aliphatic hydroxyl groups excluding tert-OH is 1. The van der Waals surface area contributed by atoms with Crippen LogP contribution in [0.5, 0.6) is 0 Å². The van der Waals surface area contributed by atoms with Crippen LogP contribution in [0, 0.1) is 0 Å². The van der Waals surface area contributed by atoms with Crippen LogP contribution in [-0.2, 0) is 0 Å². The van der Waals surface area contributed by atoms with Gasteiger partial charge in [0.05, 0.1) is 12.1 Å². The lowest BCUT2D eigenvalue weighted by Crippen LogP contribution is -2.38. The van der Waals surface area contributed by atoms with Crippen molar-refractivity contribution in [3.8, 4) is 0 Å². The largest absolute Gasteiger partial charge is 0.389 e. The van der Waals surface area contributed by atoms with Crippen molar-refractivity contribution in [1.82, 2.24) is 10.2 Å². The molecule has 0 aromatic heterocycles. The van der Waals surface area contributed by atoms with Gasteiger partial charge in [0.25, 0.3) is 0 Å². The SMILES string of the molecule is C=C1/C=C\C=C/C/C(C)=C\N1C(c1ccccc1)C(O)CNC.CC. The Morgan fingerprint density at radius 3 is 2.52 bits per heavy atom. The highest BCUT2D eigenvalue weighted by molar-refractivity contribution is 5.29. The summed E-state index contributed by atoms with van der Waals surface area (Å²) in [5.41, 5.74) is 3.16. The molecule has 2 unspecified atom stereocenters. The molecule has 1 aliphatic heterocycles. The van der Waals surface area contributed by atoms with Gasteiger partial charge >= 0.3 is 0 Å². The molecule has 2 atom stereocenters. The van der Waals surface area contributed by atoms with Gasteiger partial charge in [-0.2, -0.15) is 0 Å². The number of hydrogen-bond donors (Lipinski definition) is 2. The fourth-order valence-corrected chi connectivity index (χ4v) is 2.76. The van der Waals surface area contributed by atoms with Crippen LogP contribution in [0.2, 0.25) is 0 Å². The van der Waals surface area contributed by atoms with Crippen LogP contribution in [0.15, 0.2) is 78.7 Å². The van der Waals surface area contributed by atoms with Crippen molar-refractivity contribution in [2.75, 3.05) is 13.6 Å². The highest BCUT2D eigenvalue weighted by Gasteiger charge is 2.27. The molecule has 1 aromatic carbocycles. The van der Waals surface area contributed by atoms with Crippen molar-refractivity contribution in [3.05, 3.63) is 84.2 Å². The maximum absolute atomic E-state index is 10.7. The summed E-state index contributed by atoms with van der Waals surface area (Å²) < 4.78 is 0. The highest BCUT2D eigenvalue weighted by atomic mass is 16.3. The summed E-state index contributed by atoms with van der Waals surface area (Å²) in [6.45, 7) is 10.8. The van der Waals surface area contributed by atoms with E-state index < -0.39 is 6.10 Å². The summed E-state index contributed by atoms with van der Waals surface area (Å²) >= 11 is 0. The molecular weight excluding hydrogens is 308 g/mol. The second kappa shape index (κ2) is 11.5. The first-order chi connectivity index (χ1) is 12.1. The van der Waals surface area contributed by atoms with E-state index >= 15 is 0 Å². The number of nitrogens with one attached hydrogen (secondary N) is 1. The molecule has 1 heterocycles. The Kier molecular flexibility index (Phi) is 9.60. The van der Waals surface area contributed by atoms with Gasteiger partial charge in [0, 0.05) is 18.4 Å². The molecule has 3 heteroatoms. The number of aliphatic hydroxyl groups is 1. The van der Waals surface area contributed by atoms with E-state index in [1.807, 2.05) is 57.3 Å². The molecule has 2 N–H and O–H groups in total. The van der Waals surface area contributed by atoms with E-state index in [1.165, 1.54) is 5.57 Å². The van der Waals surface area contributed by atoms with Crippen LogP contribution in [0.25, 0.3) is 0 Å². The molecule has 0 fully saturated rings. The Labute approximate surface area is 153 Å². The maximum Gasteiger partial charge on any atom is 0.0912 e. The fourth-order valence-electron chi connectivity index (χ4n) is 2.76. The maximum atomic E-state index is 10.7. The Bertz CT molecular complexity index is 602. The average molecular weight is 341 g/mol. The molecule has 2 rings (SSSR count). The van der Waals surface area contributed by atoms with Crippen LogP contribution < -0.4 is 5.32 Å². The van der Waals surface area contributed by atoms with Crippen molar-refractivity contribution in [2.45, 2.75) is 39.3 Å². The molecule has 0 amide bonds. The number of benzene rings is 1.